The molecule has 2 aromatic carbocycles. The lowest BCUT2D eigenvalue weighted by molar-refractivity contribution is 0.413. The molecule has 0 N–H and O–H groups in total. The summed E-state index contributed by atoms with van der Waals surface area (Å²) in [7, 11) is 1.73. The number of ether oxygens (including phenoxy) is 1. The number of rotatable bonds is 4. The van der Waals surface area contributed by atoms with Gasteiger partial charge in [0.1, 0.15) is 5.75 Å². The number of para-hydroxylation sites is 1. The summed E-state index contributed by atoms with van der Waals surface area (Å²) in [5, 5.41) is 0. The Morgan fingerprint density at radius 2 is 1.53 bits per heavy atom. The third-order valence-corrected chi connectivity index (χ3v) is 3.26. The molecule has 0 aliphatic carbocycles. The first-order valence-electron chi connectivity index (χ1n) is 6.56. The molecule has 0 bridgehead atoms. The standard InChI is InChI=1S/C18H20O/c1-14(2)17(13-15-9-5-4-6-10-15)16-11-7-8-12-18(16)19-3/h4-12H,13H2,1-3H3. The fraction of sp³-hybridized carbons (Fsp3) is 0.222. The van der Waals surface area contributed by atoms with Gasteiger partial charge < -0.3 is 4.74 Å². The second-order valence-corrected chi connectivity index (χ2v) is 4.84. The molecule has 0 saturated carbocycles. The van der Waals surface area contributed by atoms with Crippen LogP contribution in [0.3, 0.4) is 0 Å². The Labute approximate surface area is 115 Å². The molecule has 0 aliphatic rings. The van der Waals surface area contributed by atoms with Gasteiger partial charge >= 0.3 is 0 Å². The first kappa shape index (κ1) is 13.4. The Bertz CT molecular complexity index is 563. The van der Waals surface area contributed by atoms with E-state index in [9.17, 15) is 0 Å². The van der Waals surface area contributed by atoms with Gasteiger partial charge in [0.2, 0.25) is 0 Å². The van der Waals surface area contributed by atoms with Gasteiger partial charge in [-0.25, -0.2) is 0 Å². The van der Waals surface area contributed by atoms with E-state index in [1.165, 1.54) is 22.3 Å². The molecule has 0 aliphatic heterocycles. The van der Waals surface area contributed by atoms with E-state index in [0.29, 0.717) is 0 Å². The van der Waals surface area contributed by atoms with E-state index in [4.69, 9.17) is 4.74 Å². The number of hydrogen-bond donors (Lipinski definition) is 0. The van der Waals surface area contributed by atoms with Crippen LogP contribution < -0.4 is 4.74 Å². The molecule has 0 unspecified atom stereocenters. The Kier molecular flexibility index (Phi) is 4.40. The first-order valence-corrected chi connectivity index (χ1v) is 6.56. The van der Waals surface area contributed by atoms with Crippen molar-refractivity contribution >= 4 is 5.57 Å². The molecule has 0 heterocycles. The highest BCUT2D eigenvalue weighted by molar-refractivity contribution is 5.74. The zero-order valence-corrected chi connectivity index (χ0v) is 11.8. The van der Waals surface area contributed by atoms with Crippen molar-refractivity contribution in [3.63, 3.8) is 0 Å². The average Bonchev–Trinajstić information content (AvgIpc) is 2.45. The zero-order chi connectivity index (χ0) is 13.7. The SMILES string of the molecule is COc1ccccc1C(Cc1ccccc1)=C(C)C. The van der Waals surface area contributed by atoms with E-state index >= 15 is 0 Å². The maximum atomic E-state index is 5.48. The molecule has 0 spiro atoms. The van der Waals surface area contributed by atoms with Crippen LogP contribution in [0.2, 0.25) is 0 Å². The van der Waals surface area contributed by atoms with Crippen LogP contribution in [0.4, 0.5) is 0 Å². The number of methoxy groups -OCH3 is 1. The highest BCUT2D eigenvalue weighted by Gasteiger charge is 2.10. The van der Waals surface area contributed by atoms with E-state index in [-0.39, 0.29) is 0 Å². The van der Waals surface area contributed by atoms with Crippen molar-refractivity contribution < 1.29 is 4.74 Å². The van der Waals surface area contributed by atoms with E-state index in [2.05, 4.69) is 56.3 Å². The fourth-order valence-corrected chi connectivity index (χ4v) is 2.24. The average molecular weight is 252 g/mol. The summed E-state index contributed by atoms with van der Waals surface area (Å²) >= 11 is 0. The molecule has 19 heavy (non-hydrogen) atoms. The summed E-state index contributed by atoms with van der Waals surface area (Å²) in [5.74, 6) is 0.939. The van der Waals surface area contributed by atoms with Crippen molar-refractivity contribution in [3.05, 3.63) is 71.3 Å². The van der Waals surface area contributed by atoms with Gasteiger partial charge in [0, 0.05) is 5.56 Å². The van der Waals surface area contributed by atoms with E-state index in [0.717, 1.165) is 12.2 Å². The summed E-state index contributed by atoms with van der Waals surface area (Å²) in [6, 6.07) is 18.8. The quantitative estimate of drug-likeness (QED) is 0.764. The summed E-state index contributed by atoms with van der Waals surface area (Å²) in [6.45, 7) is 4.31. The van der Waals surface area contributed by atoms with Crippen molar-refractivity contribution in [2.45, 2.75) is 20.3 Å². The van der Waals surface area contributed by atoms with Crippen molar-refractivity contribution in [1.29, 1.82) is 0 Å². The molecule has 1 nitrogen and oxygen atoms in total. The van der Waals surface area contributed by atoms with E-state index in [1.807, 2.05) is 12.1 Å². The minimum Gasteiger partial charge on any atom is -0.496 e. The molecule has 2 rings (SSSR count). The van der Waals surface area contributed by atoms with Gasteiger partial charge in [-0.3, -0.25) is 0 Å². The summed E-state index contributed by atoms with van der Waals surface area (Å²) in [6.07, 6.45) is 0.934. The number of benzene rings is 2. The van der Waals surface area contributed by atoms with Crippen LogP contribution in [0.15, 0.2) is 60.2 Å². The third-order valence-electron chi connectivity index (χ3n) is 3.26. The topological polar surface area (TPSA) is 9.23 Å². The van der Waals surface area contributed by atoms with Gasteiger partial charge in [-0.15, -0.1) is 0 Å². The van der Waals surface area contributed by atoms with Gasteiger partial charge in [0.05, 0.1) is 7.11 Å². The Morgan fingerprint density at radius 3 is 2.16 bits per heavy atom. The van der Waals surface area contributed by atoms with Crippen molar-refractivity contribution in [2.75, 3.05) is 7.11 Å². The summed E-state index contributed by atoms with van der Waals surface area (Å²) < 4.78 is 5.48. The third kappa shape index (κ3) is 3.25. The summed E-state index contributed by atoms with van der Waals surface area (Å²) in [5.41, 5.74) is 5.18. The zero-order valence-electron chi connectivity index (χ0n) is 11.8. The second kappa shape index (κ2) is 6.24. The van der Waals surface area contributed by atoms with Crippen LogP contribution in [0.5, 0.6) is 5.75 Å². The lowest BCUT2D eigenvalue weighted by Gasteiger charge is -2.14. The minimum atomic E-state index is 0.934. The number of allylic oxidation sites excluding steroid dienone is 2. The van der Waals surface area contributed by atoms with Gasteiger partial charge in [-0.05, 0) is 37.5 Å². The van der Waals surface area contributed by atoms with Crippen molar-refractivity contribution in [2.24, 2.45) is 0 Å². The smallest absolute Gasteiger partial charge is 0.126 e. The Balaban J connectivity index is 2.40. The summed E-state index contributed by atoms with van der Waals surface area (Å²) in [4.78, 5) is 0. The molecule has 1 heteroatoms. The molecule has 0 fully saturated rings. The van der Waals surface area contributed by atoms with Crippen LogP contribution in [0, 0.1) is 0 Å². The molecule has 0 amide bonds. The van der Waals surface area contributed by atoms with Gasteiger partial charge in [0.25, 0.3) is 0 Å². The molecule has 0 saturated heterocycles. The van der Waals surface area contributed by atoms with Crippen LogP contribution >= 0.6 is 0 Å². The lowest BCUT2D eigenvalue weighted by Crippen LogP contribution is -1.96. The Hall–Kier alpha value is -2.02. The van der Waals surface area contributed by atoms with Gasteiger partial charge in [-0.2, -0.15) is 0 Å². The molecule has 98 valence electrons. The first-order chi connectivity index (χ1) is 9.22. The monoisotopic (exact) mass is 252 g/mol. The second-order valence-electron chi connectivity index (χ2n) is 4.84. The van der Waals surface area contributed by atoms with Crippen molar-refractivity contribution in [1.82, 2.24) is 0 Å². The van der Waals surface area contributed by atoms with E-state index < -0.39 is 0 Å². The number of hydrogen-bond acceptors (Lipinski definition) is 1. The van der Waals surface area contributed by atoms with Crippen LogP contribution in [0.1, 0.15) is 25.0 Å². The fourth-order valence-electron chi connectivity index (χ4n) is 2.24. The highest BCUT2D eigenvalue weighted by atomic mass is 16.5. The van der Waals surface area contributed by atoms with Gasteiger partial charge in [0.15, 0.2) is 0 Å². The predicted molar refractivity (Wildman–Crippen MR) is 81.4 cm³/mol. The molecule has 0 aromatic heterocycles. The minimum absolute atomic E-state index is 0.934. The Morgan fingerprint density at radius 1 is 0.895 bits per heavy atom. The van der Waals surface area contributed by atoms with Crippen LogP contribution in [0.25, 0.3) is 5.57 Å². The van der Waals surface area contributed by atoms with Crippen LogP contribution in [-0.2, 0) is 6.42 Å². The largest absolute Gasteiger partial charge is 0.496 e. The maximum Gasteiger partial charge on any atom is 0.126 e. The predicted octanol–water partition coefficient (Wildman–Crippen LogP) is 4.73. The molecular formula is C18H20O. The molecular weight excluding hydrogens is 232 g/mol. The maximum absolute atomic E-state index is 5.48. The highest BCUT2D eigenvalue weighted by Crippen LogP contribution is 2.30. The van der Waals surface area contributed by atoms with Gasteiger partial charge in [-0.1, -0.05) is 54.1 Å². The molecule has 0 atom stereocenters. The van der Waals surface area contributed by atoms with E-state index in [1.54, 1.807) is 7.11 Å². The normalized spacial score (nSPS) is 10.1. The van der Waals surface area contributed by atoms with Crippen molar-refractivity contribution in [3.8, 4) is 5.75 Å². The van der Waals surface area contributed by atoms with Crippen LogP contribution in [-0.4, -0.2) is 7.11 Å². The molecule has 0 radical (unpaired) electrons. The molecule has 2 aromatic rings. The lowest BCUT2D eigenvalue weighted by atomic mass is 9.94.